The maximum Gasteiger partial charge on any atom is 0.500 e. The lowest BCUT2D eigenvalue weighted by Crippen LogP contribution is -2.41. The molecule has 1 unspecified atom stereocenters. The first-order valence-electron chi connectivity index (χ1n) is 38.2. The highest BCUT2D eigenvalue weighted by atomic mass is 79.9. The molecule has 37 heteroatoms. The van der Waals surface area contributed by atoms with Gasteiger partial charge in [-0.2, -0.15) is 0 Å². The van der Waals surface area contributed by atoms with E-state index in [1.807, 2.05) is 52.0 Å². The molecule has 0 bridgehead atoms. The van der Waals surface area contributed by atoms with Gasteiger partial charge < -0.3 is 49.8 Å². The van der Waals surface area contributed by atoms with E-state index < -0.39 is 66.2 Å². The smallest absolute Gasteiger partial charge is 0.481 e. The predicted octanol–water partition coefficient (Wildman–Crippen LogP) is 18.7. The molecule has 0 radical (unpaired) electrons. The second kappa shape index (κ2) is 44.3. The van der Waals surface area contributed by atoms with Crippen molar-refractivity contribution in [3.05, 3.63) is 229 Å². The zero-order chi connectivity index (χ0) is 87.4. The van der Waals surface area contributed by atoms with Gasteiger partial charge in [0.1, 0.15) is 28.2 Å². The van der Waals surface area contributed by atoms with E-state index in [4.69, 9.17) is 87.3 Å². The minimum atomic E-state index is -3.74. The summed E-state index contributed by atoms with van der Waals surface area (Å²) < 4.78 is 136. The Morgan fingerprint density at radius 3 is 1.38 bits per heavy atom. The number of sulfone groups is 2. The van der Waals surface area contributed by atoms with Crippen LogP contribution in [0.3, 0.4) is 0 Å². The van der Waals surface area contributed by atoms with Crippen LogP contribution in [0.15, 0.2) is 183 Å². The van der Waals surface area contributed by atoms with Crippen LogP contribution in [-0.4, -0.2) is 173 Å². The highest BCUT2D eigenvalue weighted by Gasteiger charge is 2.53. The van der Waals surface area contributed by atoms with Crippen LogP contribution in [0.25, 0.3) is 55.0 Å². The van der Waals surface area contributed by atoms with Crippen LogP contribution in [-0.2, 0) is 57.0 Å². The van der Waals surface area contributed by atoms with Gasteiger partial charge in [0.25, 0.3) is 0 Å². The number of aromatic nitrogens is 9. The Hall–Kier alpha value is -8.42. The molecule has 0 amide bonds. The summed E-state index contributed by atoms with van der Waals surface area (Å²) in [6, 6.07) is 41.0. The van der Waals surface area contributed by atoms with Gasteiger partial charge in [0.2, 0.25) is 34.2 Å². The Kier molecular flexibility index (Phi) is 36.1. The maximum atomic E-state index is 15.3. The van der Waals surface area contributed by atoms with Gasteiger partial charge >= 0.3 is 7.12 Å². The molecule has 15 rings (SSSR count). The zero-order valence-electron chi connectivity index (χ0n) is 68.5. The number of fused-ring (bicyclic) bond motifs is 3. The Balaban J connectivity index is 0.000000204. The van der Waals surface area contributed by atoms with Crippen LogP contribution < -0.4 is 30.7 Å². The highest BCUT2D eigenvalue weighted by Crippen LogP contribution is 2.40. The fourth-order valence-electron chi connectivity index (χ4n) is 13.7. The summed E-state index contributed by atoms with van der Waals surface area (Å²) in [6.45, 7) is 7.98. The molecule has 124 heavy (non-hydrogen) atoms. The van der Waals surface area contributed by atoms with E-state index in [0.717, 1.165) is 31.7 Å². The molecule has 2 aliphatic carbocycles. The first kappa shape index (κ1) is 101. The Labute approximate surface area is 758 Å². The van der Waals surface area contributed by atoms with Gasteiger partial charge in [-0.1, -0.05) is 108 Å². The third-order valence-corrected chi connectivity index (χ3v) is 27.9. The van der Waals surface area contributed by atoms with Crippen LogP contribution >= 0.6 is 73.9 Å². The van der Waals surface area contributed by atoms with E-state index in [9.17, 15) is 29.8 Å². The molecule has 6 aromatic heterocycles. The van der Waals surface area contributed by atoms with Gasteiger partial charge in [0.15, 0.2) is 25.5 Å². The van der Waals surface area contributed by atoms with E-state index in [1.165, 1.54) is 94.8 Å². The second-order valence-electron chi connectivity index (χ2n) is 30.2. The molecule has 7 heterocycles. The molecule has 5 N–H and O–H groups in total. The number of pyridine rings is 3. The molecule has 1 saturated heterocycles. The number of nitrogens with one attached hydrogen (secondary N) is 1. The summed E-state index contributed by atoms with van der Waals surface area (Å²) in [5, 5.41) is 5.74. The molecule has 3 fully saturated rings. The molecule has 0 spiro atoms. The molecule has 662 valence electrons. The first-order valence-corrected chi connectivity index (χ1v) is 45.5. The first-order chi connectivity index (χ1) is 57.4. The maximum absolute atomic E-state index is 15.3. The summed E-state index contributed by atoms with van der Waals surface area (Å²) >= 11 is 32.7. The zero-order valence-corrected chi connectivity index (χ0v) is 76.3. The van der Waals surface area contributed by atoms with Crippen LogP contribution in [0, 0.1) is 17.5 Å². The quantitative estimate of drug-likeness (QED) is 0.0561. The largest absolute Gasteiger partial charge is 0.500 e. The van der Waals surface area contributed by atoms with E-state index >= 15 is 4.39 Å². The molecule has 12 aromatic rings. The standard InChI is InChI=1S/C29H31ClFN5O3S.C21H14Cl2FN3O3S.C19H23BClNO4S.C8H3BrClFN2.C8H18N2.2CH4.H2O/c1-36(2)22-11-8-20(9-12-22)34-29-32-16-19-14-18(15-25(31)27(19)35-29)23-13-10-21(33-28(23)39-3)17-40(37,38)26-7-5-4-6-24(26)30;1-30-20-15(12-8-13-10-25-21(23)27-19(13)17(24)9-12)7-6-14(26-20)11-31(28,29)18-5-3-2-4-16(18)22;1-18(2)19(3,4)26-20(25-18)14-11-10-13(22-17(14)24-5)12-27(23)16-9-7-6-8-15(16)21;9-5-1-4-3-12-8(10)13-7(4)6(11)2-5;1-10(2)8-5-3-7(9)4-6-8;;;/h4-7,10,13-16,20,22H,8-9,11-12,17H2,1-3H3,(H,32,34,35);2-10H,11H2,1H3;6-11H,12H2,1-5H3;1-3H;7-8H,3-6,9H2,1-2H3;2*1H4;1H2. The van der Waals surface area contributed by atoms with Crippen LogP contribution in [0.5, 0.6) is 17.6 Å². The van der Waals surface area contributed by atoms with Crippen molar-refractivity contribution in [2.24, 2.45) is 5.73 Å². The van der Waals surface area contributed by atoms with E-state index in [1.54, 1.807) is 92.2 Å². The Morgan fingerprint density at radius 1 is 0.524 bits per heavy atom. The lowest BCUT2D eigenvalue weighted by atomic mass is 9.79. The summed E-state index contributed by atoms with van der Waals surface area (Å²) in [6.07, 6.45) is 13.7. The van der Waals surface area contributed by atoms with Crippen molar-refractivity contribution in [3.8, 4) is 39.9 Å². The van der Waals surface area contributed by atoms with E-state index in [2.05, 4.69) is 104 Å². The number of hydrogen-bond acceptors (Lipinski definition) is 23. The average molecular weight is 1920 g/mol. The summed E-state index contributed by atoms with van der Waals surface area (Å²) in [4.78, 5) is 42.7. The van der Waals surface area contributed by atoms with Crippen LogP contribution in [0.4, 0.5) is 19.1 Å². The number of rotatable bonds is 19. The molecule has 24 nitrogen and oxygen atoms in total. The molecule has 1 aliphatic heterocycles. The van der Waals surface area contributed by atoms with E-state index in [-0.39, 0.29) is 114 Å². The molecule has 6 aromatic carbocycles. The van der Waals surface area contributed by atoms with Crippen molar-refractivity contribution in [2.75, 3.05) is 54.8 Å². The number of methoxy groups -OCH3 is 3. The van der Waals surface area contributed by atoms with Gasteiger partial charge in [-0.3, -0.25) is 4.21 Å². The predicted molar refractivity (Wildman–Crippen MR) is 493 cm³/mol. The Bertz CT molecular complexity index is 5990. The highest BCUT2D eigenvalue weighted by molar-refractivity contribution is 9.10. The van der Waals surface area contributed by atoms with E-state index in [0.29, 0.717) is 87.9 Å². The van der Waals surface area contributed by atoms with Gasteiger partial charge in [0, 0.05) is 80.0 Å². The third-order valence-electron chi connectivity index (χ3n) is 20.9. The lowest BCUT2D eigenvalue weighted by molar-refractivity contribution is 0.00578. The molecule has 1 atom stereocenters. The van der Waals surface area contributed by atoms with Crippen molar-refractivity contribution in [2.45, 2.75) is 161 Å². The minimum absolute atomic E-state index is 0. The number of anilines is 1. The molecule has 2 saturated carbocycles. The van der Waals surface area contributed by atoms with Crippen molar-refractivity contribution >= 4 is 156 Å². The van der Waals surface area contributed by atoms with Gasteiger partial charge in [-0.25, -0.2) is 74.9 Å². The Morgan fingerprint density at radius 2 is 0.927 bits per heavy atom. The second-order valence-corrected chi connectivity index (χ2v) is 38.4. The summed E-state index contributed by atoms with van der Waals surface area (Å²) in [5.41, 5.74) is 9.31. The van der Waals surface area contributed by atoms with Crippen molar-refractivity contribution in [1.29, 1.82) is 0 Å². The number of ether oxygens (including phenoxy) is 3. The van der Waals surface area contributed by atoms with Crippen LogP contribution in [0.1, 0.15) is 111 Å². The fraction of sp³-hybridized carbons (Fsp3) is 0.345. The van der Waals surface area contributed by atoms with Gasteiger partial charge in [0.05, 0.1) is 107 Å². The summed E-state index contributed by atoms with van der Waals surface area (Å²) in [5.74, 6) is -0.828. The average Bonchev–Trinajstić information content (AvgIpc) is 1.62. The SMILES string of the molecule is C.C.CN(C)C1CCC(N)CC1.COc1nc(CS(=O)(=O)c2ccccc2Cl)ccc1-c1cc(F)c2nc(Cl)ncc2c1.COc1nc(CS(=O)(=O)c2ccccc2Cl)ccc1-c1cc(F)c2nc(NC3CCC(N(C)C)CC3)ncc2c1.COc1nc(CS(=O)c2ccccc2Cl)ccc1B1OC(C)(C)C(C)(C)O1.Fc1cc(Br)cc2cnc(Cl)nc12.O. The number of nitrogens with two attached hydrogens (primary N) is 1. The number of nitrogens with zero attached hydrogens (tertiary/aromatic N) is 11. The number of halogens is 9. The number of hydrogen-bond donors (Lipinski definition) is 2. The van der Waals surface area contributed by atoms with Gasteiger partial charge in [-0.05, 0) is 245 Å². The molecule has 3 aliphatic rings. The van der Waals surface area contributed by atoms with Crippen LogP contribution in [0.2, 0.25) is 25.6 Å². The monoisotopic (exact) mass is 1920 g/mol. The fourth-order valence-corrected chi connectivity index (χ4v) is 19.6. The third kappa shape index (κ3) is 25.5. The minimum Gasteiger partial charge on any atom is -0.481 e. The topological polar surface area (TPSA) is 324 Å². The van der Waals surface area contributed by atoms with Crippen molar-refractivity contribution in [3.63, 3.8) is 0 Å². The molecular formula is C87H99BBrCl5F3N13O11S3. The van der Waals surface area contributed by atoms with Gasteiger partial charge in [-0.15, -0.1) is 0 Å². The lowest BCUT2D eigenvalue weighted by Gasteiger charge is -2.32. The van der Waals surface area contributed by atoms with Crippen molar-refractivity contribution in [1.82, 2.24) is 54.7 Å². The summed E-state index contributed by atoms with van der Waals surface area (Å²) in [7, 11) is 3.57. The molecular weight excluding hydrogens is 1820 g/mol. The number of benzene rings is 6. The normalized spacial score (nSPS) is 16.7. The van der Waals surface area contributed by atoms with Crippen molar-refractivity contribution < 1.29 is 63.2 Å².